The highest BCUT2D eigenvalue weighted by Gasteiger charge is 2.09. The Hall–Kier alpha value is -1.61. The van der Waals surface area contributed by atoms with E-state index in [-0.39, 0.29) is 0 Å². The Bertz CT molecular complexity index is 417. The van der Waals surface area contributed by atoms with Crippen molar-refractivity contribution in [1.82, 2.24) is 15.1 Å². The summed E-state index contributed by atoms with van der Waals surface area (Å²) in [6.07, 6.45) is 3.79. The quantitative estimate of drug-likeness (QED) is 0.847. The van der Waals surface area contributed by atoms with E-state index in [0.717, 1.165) is 6.54 Å². The van der Waals surface area contributed by atoms with Crippen molar-refractivity contribution in [1.29, 1.82) is 0 Å². The van der Waals surface area contributed by atoms with Crippen LogP contribution in [0.3, 0.4) is 0 Å². The second kappa shape index (κ2) is 4.94. The molecule has 0 amide bonds. The lowest BCUT2D eigenvalue weighted by molar-refractivity contribution is 0.468. The molecule has 3 heteroatoms. The highest BCUT2D eigenvalue weighted by atomic mass is 15.3. The summed E-state index contributed by atoms with van der Waals surface area (Å²) in [4.78, 5) is 0. The van der Waals surface area contributed by atoms with Crippen LogP contribution in [0.1, 0.15) is 17.2 Å². The molecule has 1 unspecified atom stereocenters. The highest BCUT2D eigenvalue weighted by molar-refractivity contribution is 5.24. The van der Waals surface area contributed by atoms with Crippen LogP contribution in [0.5, 0.6) is 0 Å². The number of nitrogens with zero attached hydrogens (tertiary/aromatic N) is 2. The Morgan fingerprint density at radius 1 is 1.31 bits per heavy atom. The van der Waals surface area contributed by atoms with E-state index in [0.29, 0.717) is 6.04 Å². The summed E-state index contributed by atoms with van der Waals surface area (Å²) in [6.45, 7) is 2.96. The van der Waals surface area contributed by atoms with Crippen LogP contribution in [0.15, 0.2) is 42.7 Å². The van der Waals surface area contributed by atoms with Crippen molar-refractivity contribution in [3.8, 4) is 0 Å². The van der Waals surface area contributed by atoms with Gasteiger partial charge in [-0.25, -0.2) is 0 Å². The first-order valence-corrected chi connectivity index (χ1v) is 5.51. The molecule has 1 aromatic heterocycles. The summed E-state index contributed by atoms with van der Waals surface area (Å²) in [5.74, 6) is 0. The zero-order valence-electron chi connectivity index (χ0n) is 9.72. The van der Waals surface area contributed by atoms with Gasteiger partial charge in [0, 0.05) is 12.4 Å². The van der Waals surface area contributed by atoms with Gasteiger partial charge in [0.2, 0.25) is 0 Å². The van der Waals surface area contributed by atoms with Crippen LogP contribution >= 0.6 is 0 Å². The van der Waals surface area contributed by atoms with Crippen LogP contribution in [-0.2, 0) is 6.54 Å². The molecule has 16 heavy (non-hydrogen) atoms. The third-order valence-corrected chi connectivity index (χ3v) is 2.76. The number of aryl methyl sites for hydroxylation is 1. The third kappa shape index (κ3) is 2.49. The molecule has 1 aromatic carbocycles. The van der Waals surface area contributed by atoms with Gasteiger partial charge >= 0.3 is 0 Å². The van der Waals surface area contributed by atoms with Crippen LogP contribution in [0.2, 0.25) is 0 Å². The number of hydrogen-bond acceptors (Lipinski definition) is 2. The molecule has 1 atom stereocenters. The van der Waals surface area contributed by atoms with Crippen molar-refractivity contribution in [3.63, 3.8) is 0 Å². The van der Waals surface area contributed by atoms with Gasteiger partial charge in [-0.3, -0.25) is 4.68 Å². The Morgan fingerprint density at radius 2 is 2.06 bits per heavy atom. The van der Waals surface area contributed by atoms with Crippen molar-refractivity contribution in [2.24, 2.45) is 0 Å². The minimum atomic E-state index is 0.306. The molecule has 84 valence electrons. The maximum atomic E-state index is 4.22. The minimum absolute atomic E-state index is 0.306. The normalized spacial score (nSPS) is 12.6. The van der Waals surface area contributed by atoms with E-state index < -0.39 is 0 Å². The summed E-state index contributed by atoms with van der Waals surface area (Å²) in [5.41, 5.74) is 2.58. The second-order valence-corrected chi connectivity index (χ2v) is 3.98. The average molecular weight is 215 g/mol. The zero-order valence-corrected chi connectivity index (χ0v) is 9.72. The number of benzene rings is 1. The van der Waals surface area contributed by atoms with Crippen LogP contribution in [0, 0.1) is 6.92 Å². The highest BCUT2D eigenvalue weighted by Crippen LogP contribution is 2.15. The second-order valence-electron chi connectivity index (χ2n) is 3.98. The maximum Gasteiger partial charge on any atom is 0.0604 e. The van der Waals surface area contributed by atoms with E-state index in [2.05, 4.69) is 41.6 Å². The van der Waals surface area contributed by atoms with E-state index >= 15 is 0 Å². The molecule has 0 saturated heterocycles. The first kappa shape index (κ1) is 10.9. The summed E-state index contributed by atoms with van der Waals surface area (Å²) in [6, 6.07) is 10.9. The van der Waals surface area contributed by atoms with Crippen molar-refractivity contribution in [2.45, 2.75) is 19.5 Å². The third-order valence-electron chi connectivity index (χ3n) is 2.76. The summed E-state index contributed by atoms with van der Waals surface area (Å²) < 4.78 is 1.95. The summed E-state index contributed by atoms with van der Waals surface area (Å²) in [5, 5.41) is 7.54. The summed E-state index contributed by atoms with van der Waals surface area (Å²) in [7, 11) is 1.98. The first-order chi connectivity index (χ1) is 7.79. The van der Waals surface area contributed by atoms with Crippen LogP contribution in [0.4, 0.5) is 0 Å². The maximum absolute atomic E-state index is 4.22. The molecule has 0 spiro atoms. The molecule has 0 radical (unpaired) electrons. The molecule has 1 heterocycles. The van der Waals surface area contributed by atoms with E-state index in [4.69, 9.17) is 0 Å². The topological polar surface area (TPSA) is 29.9 Å². The number of nitrogens with one attached hydrogen (secondary N) is 1. The van der Waals surface area contributed by atoms with E-state index in [9.17, 15) is 0 Å². The smallest absolute Gasteiger partial charge is 0.0604 e. The van der Waals surface area contributed by atoms with Gasteiger partial charge in [-0.05, 0) is 25.6 Å². The number of hydrogen-bond donors (Lipinski definition) is 1. The van der Waals surface area contributed by atoms with Gasteiger partial charge in [0.05, 0.1) is 12.6 Å². The Kier molecular flexibility index (Phi) is 3.37. The Morgan fingerprint density at radius 3 is 2.62 bits per heavy atom. The number of rotatable bonds is 4. The number of aromatic nitrogens is 2. The lowest BCUT2D eigenvalue weighted by Crippen LogP contribution is -2.22. The van der Waals surface area contributed by atoms with Gasteiger partial charge in [-0.1, -0.05) is 29.8 Å². The van der Waals surface area contributed by atoms with Gasteiger partial charge in [0.15, 0.2) is 0 Å². The molecule has 0 saturated carbocycles. The fourth-order valence-electron chi connectivity index (χ4n) is 1.76. The summed E-state index contributed by atoms with van der Waals surface area (Å²) >= 11 is 0. The SMILES string of the molecule is CNC(Cn1cccn1)c1ccc(C)cc1. The van der Waals surface area contributed by atoms with Gasteiger partial charge < -0.3 is 5.32 Å². The van der Waals surface area contributed by atoms with Crippen LogP contribution in [0.25, 0.3) is 0 Å². The van der Waals surface area contributed by atoms with Gasteiger partial charge in [-0.15, -0.1) is 0 Å². The van der Waals surface area contributed by atoms with Gasteiger partial charge in [0.1, 0.15) is 0 Å². The lowest BCUT2D eigenvalue weighted by atomic mass is 10.1. The minimum Gasteiger partial charge on any atom is -0.311 e. The Balaban J connectivity index is 2.13. The van der Waals surface area contributed by atoms with E-state index in [1.807, 2.05) is 30.2 Å². The van der Waals surface area contributed by atoms with Crippen LogP contribution in [-0.4, -0.2) is 16.8 Å². The lowest BCUT2D eigenvalue weighted by Gasteiger charge is -2.16. The largest absolute Gasteiger partial charge is 0.311 e. The fourth-order valence-corrected chi connectivity index (χ4v) is 1.76. The standard InChI is InChI=1S/C13H17N3/c1-11-4-6-12(7-5-11)13(14-2)10-16-9-3-8-15-16/h3-9,13-14H,10H2,1-2H3. The average Bonchev–Trinajstić information content (AvgIpc) is 2.80. The van der Waals surface area contributed by atoms with Crippen molar-refractivity contribution in [2.75, 3.05) is 7.05 Å². The molecule has 0 aliphatic heterocycles. The van der Waals surface area contributed by atoms with Gasteiger partial charge in [-0.2, -0.15) is 5.10 Å². The molecule has 0 bridgehead atoms. The molecule has 0 aliphatic rings. The zero-order chi connectivity index (χ0) is 11.4. The molecule has 0 fully saturated rings. The number of likely N-dealkylation sites (N-methyl/N-ethyl adjacent to an activating group) is 1. The molecule has 2 rings (SSSR count). The Labute approximate surface area is 96.1 Å². The van der Waals surface area contributed by atoms with Crippen molar-refractivity contribution in [3.05, 3.63) is 53.9 Å². The molecule has 3 nitrogen and oxygen atoms in total. The molecule has 2 aromatic rings. The van der Waals surface area contributed by atoms with E-state index in [1.54, 1.807) is 0 Å². The monoisotopic (exact) mass is 215 g/mol. The van der Waals surface area contributed by atoms with Gasteiger partial charge in [0.25, 0.3) is 0 Å². The predicted octanol–water partition coefficient (Wildman–Crippen LogP) is 2.15. The molecular weight excluding hydrogens is 198 g/mol. The molecule has 0 aliphatic carbocycles. The fraction of sp³-hybridized carbons (Fsp3) is 0.308. The van der Waals surface area contributed by atoms with Crippen molar-refractivity contribution >= 4 is 0 Å². The predicted molar refractivity (Wildman–Crippen MR) is 65.2 cm³/mol. The molecule has 1 N–H and O–H groups in total. The first-order valence-electron chi connectivity index (χ1n) is 5.51. The molecular formula is C13H17N3. The van der Waals surface area contributed by atoms with Crippen LogP contribution < -0.4 is 5.32 Å². The van der Waals surface area contributed by atoms with Crippen molar-refractivity contribution < 1.29 is 0 Å². The van der Waals surface area contributed by atoms with E-state index in [1.165, 1.54) is 11.1 Å².